The Morgan fingerprint density at radius 1 is 1.24 bits per heavy atom. The molecule has 1 aromatic carbocycles. The minimum atomic E-state index is 0.216. The number of benzene rings is 1. The predicted molar refractivity (Wildman–Crippen MR) is 107 cm³/mol. The van der Waals surface area contributed by atoms with E-state index in [1.807, 2.05) is 43.6 Å². The molecule has 3 heteroatoms. The van der Waals surface area contributed by atoms with Crippen molar-refractivity contribution < 1.29 is 5.11 Å². The Morgan fingerprint density at radius 2 is 1.88 bits per heavy atom. The highest BCUT2D eigenvalue weighted by molar-refractivity contribution is 5.72. The molecule has 2 aromatic rings. The van der Waals surface area contributed by atoms with E-state index in [9.17, 15) is 5.11 Å². The van der Waals surface area contributed by atoms with E-state index in [-0.39, 0.29) is 5.75 Å². The van der Waals surface area contributed by atoms with Crippen molar-refractivity contribution in [2.24, 2.45) is 7.05 Å². The van der Waals surface area contributed by atoms with Gasteiger partial charge in [0.15, 0.2) is 0 Å². The summed E-state index contributed by atoms with van der Waals surface area (Å²) in [5.74, 6) is 6.26. The van der Waals surface area contributed by atoms with Crippen LogP contribution in [0.3, 0.4) is 0 Å². The molecule has 0 radical (unpaired) electrons. The van der Waals surface area contributed by atoms with Crippen LogP contribution in [-0.2, 0) is 7.05 Å². The monoisotopic (exact) mass is 334 g/mol. The zero-order valence-electron chi connectivity index (χ0n) is 15.2. The first-order valence-electron chi connectivity index (χ1n) is 8.06. The van der Waals surface area contributed by atoms with E-state index in [4.69, 9.17) is 0 Å². The molecule has 0 unspecified atom stereocenters. The van der Waals surface area contributed by atoms with Gasteiger partial charge in [0.05, 0.1) is 5.56 Å². The van der Waals surface area contributed by atoms with Crippen LogP contribution in [0.4, 0.5) is 0 Å². The number of allylic oxidation sites excluding steroid dienone is 3. The summed E-state index contributed by atoms with van der Waals surface area (Å²) >= 11 is 0. The molecule has 0 fully saturated rings. The SMILES string of the molecule is C#C.C=CCC.CC/C=C/C#Cc1cn(C)nc1-c1ccccc1O. The number of aryl methyl sites for hydroxylation is 1. The molecular weight excluding hydrogens is 308 g/mol. The average molecular weight is 334 g/mol. The van der Waals surface area contributed by atoms with Crippen molar-refractivity contribution in [3.05, 3.63) is 60.8 Å². The molecule has 0 bridgehead atoms. The van der Waals surface area contributed by atoms with Gasteiger partial charge in [-0.15, -0.1) is 19.4 Å². The van der Waals surface area contributed by atoms with Crippen molar-refractivity contribution in [2.75, 3.05) is 0 Å². The summed E-state index contributed by atoms with van der Waals surface area (Å²) in [6, 6.07) is 7.15. The first-order chi connectivity index (χ1) is 12.1. The first kappa shape index (κ1) is 21.8. The molecule has 0 aliphatic carbocycles. The van der Waals surface area contributed by atoms with Crippen molar-refractivity contribution in [1.82, 2.24) is 9.78 Å². The van der Waals surface area contributed by atoms with Gasteiger partial charge in [-0.25, -0.2) is 0 Å². The van der Waals surface area contributed by atoms with Gasteiger partial charge in [0.2, 0.25) is 0 Å². The number of aromatic hydroxyl groups is 1. The van der Waals surface area contributed by atoms with Gasteiger partial charge in [0, 0.05) is 18.8 Å². The highest BCUT2D eigenvalue weighted by Gasteiger charge is 2.11. The fraction of sp³-hybridized carbons (Fsp3) is 0.227. The minimum Gasteiger partial charge on any atom is -0.507 e. The van der Waals surface area contributed by atoms with E-state index in [1.54, 1.807) is 16.8 Å². The molecule has 0 atom stereocenters. The minimum absolute atomic E-state index is 0.216. The largest absolute Gasteiger partial charge is 0.507 e. The van der Waals surface area contributed by atoms with Gasteiger partial charge in [-0.2, -0.15) is 5.10 Å². The van der Waals surface area contributed by atoms with Crippen LogP contribution in [0.25, 0.3) is 11.3 Å². The Labute approximate surface area is 151 Å². The smallest absolute Gasteiger partial charge is 0.125 e. The number of phenols is 1. The Hall–Kier alpha value is -3.17. The summed E-state index contributed by atoms with van der Waals surface area (Å²) in [6.45, 7) is 7.61. The standard InChI is InChI=1S/C16H16N2O.C4H8.C2H2/c1-3-4-5-6-9-13-12-18(2)17-16(13)14-10-7-8-11-15(14)19;1-3-4-2;1-2/h4-5,7-8,10-12,19H,3H2,1-2H3;3H,1,4H2,2H3;1-2H/b5-4+;;. The summed E-state index contributed by atoms with van der Waals surface area (Å²) in [6.07, 6.45) is 17.6. The van der Waals surface area contributed by atoms with Gasteiger partial charge < -0.3 is 5.11 Å². The molecule has 0 saturated carbocycles. The number of terminal acetylenes is 1. The zero-order chi connectivity index (χ0) is 19.1. The average Bonchev–Trinajstić information content (AvgIpc) is 3.01. The second kappa shape index (κ2) is 13.3. The zero-order valence-corrected chi connectivity index (χ0v) is 15.2. The molecule has 130 valence electrons. The predicted octanol–water partition coefficient (Wildman–Crippen LogP) is 4.94. The van der Waals surface area contributed by atoms with Crippen molar-refractivity contribution >= 4 is 0 Å². The van der Waals surface area contributed by atoms with E-state index in [0.717, 1.165) is 18.4 Å². The Morgan fingerprint density at radius 3 is 2.44 bits per heavy atom. The maximum absolute atomic E-state index is 9.90. The number of phenolic OH excluding ortho intramolecular Hbond substituents is 1. The second-order valence-corrected chi connectivity index (χ2v) is 4.86. The van der Waals surface area contributed by atoms with Crippen LogP contribution in [0, 0.1) is 24.7 Å². The molecule has 0 spiro atoms. The van der Waals surface area contributed by atoms with E-state index in [1.165, 1.54) is 0 Å². The van der Waals surface area contributed by atoms with Crippen LogP contribution in [0.5, 0.6) is 5.75 Å². The topological polar surface area (TPSA) is 38.0 Å². The summed E-state index contributed by atoms with van der Waals surface area (Å²) in [5, 5.41) is 14.3. The normalized spacial score (nSPS) is 9.00. The Balaban J connectivity index is 0.000000845. The van der Waals surface area contributed by atoms with E-state index >= 15 is 0 Å². The van der Waals surface area contributed by atoms with Gasteiger partial charge in [-0.1, -0.05) is 50.0 Å². The molecule has 25 heavy (non-hydrogen) atoms. The number of para-hydroxylation sites is 1. The van der Waals surface area contributed by atoms with Crippen molar-refractivity contribution in [1.29, 1.82) is 0 Å². The summed E-state index contributed by atoms with van der Waals surface area (Å²) in [7, 11) is 1.84. The molecular formula is C22H26N2O. The van der Waals surface area contributed by atoms with Crippen LogP contribution < -0.4 is 0 Å². The number of aromatic nitrogens is 2. The van der Waals surface area contributed by atoms with E-state index in [0.29, 0.717) is 11.3 Å². The third-order valence-corrected chi connectivity index (χ3v) is 2.92. The Bertz CT molecular complexity index is 755. The van der Waals surface area contributed by atoms with Crippen molar-refractivity contribution in [2.45, 2.75) is 26.7 Å². The van der Waals surface area contributed by atoms with Crippen molar-refractivity contribution in [3.63, 3.8) is 0 Å². The van der Waals surface area contributed by atoms with E-state index in [2.05, 4.69) is 50.2 Å². The summed E-state index contributed by atoms with van der Waals surface area (Å²) < 4.78 is 1.70. The lowest BCUT2D eigenvalue weighted by Crippen LogP contribution is -1.88. The third kappa shape index (κ3) is 7.77. The van der Waals surface area contributed by atoms with Gasteiger partial charge in [-0.3, -0.25) is 4.68 Å². The number of hydrogen-bond donors (Lipinski definition) is 1. The van der Waals surface area contributed by atoms with Crippen LogP contribution in [0.2, 0.25) is 0 Å². The lowest BCUT2D eigenvalue weighted by Gasteiger charge is -2.00. The van der Waals surface area contributed by atoms with Crippen LogP contribution in [-0.4, -0.2) is 14.9 Å². The quantitative estimate of drug-likeness (QED) is 0.637. The number of nitrogens with zero attached hydrogens (tertiary/aromatic N) is 2. The van der Waals surface area contributed by atoms with Crippen LogP contribution >= 0.6 is 0 Å². The fourth-order valence-electron chi connectivity index (χ4n) is 1.75. The second-order valence-electron chi connectivity index (χ2n) is 4.86. The van der Waals surface area contributed by atoms with Gasteiger partial charge >= 0.3 is 0 Å². The maximum atomic E-state index is 9.90. The molecule has 1 aromatic heterocycles. The highest BCUT2D eigenvalue weighted by Crippen LogP contribution is 2.29. The third-order valence-electron chi connectivity index (χ3n) is 2.92. The molecule has 3 nitrogen and oxygen atoms in total. The lowest BCUT2D eigenvalue weighted by molar-refractivity contribution is 0.477. The van der Waals surface area contributed by atoms with Crippen LogP contribution in [0.15, 0.2) is 55.3 Å². The maximum Gasteiger partial charge on any atom is 0.125 e. The lowest BCUT2D eigenvalue weighted by atomic mass is 10.1. The molecule has 0 aliphatic rings. The molecule has 2 rings (SSSR count). The summed E-state index contributed by atoms with van der Waals surface area (Å²) in [5.41, 5.74) is 2.22. The molecule has 0 amide bonds. The molecule has 0 aliphatic heterocycles. The van der Waals surface area contributed by atoms with Gasteiger partial charge in [0.1, 0.15) is 11.4 Å². The Kier molecular flexibility index (Phi) is 11.6. The van der Waals surface area contributed by atoms with E-state index < -0.39 is 0 Å². The summed E-state index contributed by atoms with van der Waals surface area (Å²) in [4.78, 5) is 0. The van der Waals surface area contributed by atoms with Gasteiger partial charge in [-0.05, 0) is 31.1 Å². The van der Waals surface area contributed by atoms with Gasteiger partial charge in [0.25, 0.3) is 0 Å². The number of hydrogen-bond acceptors (Lipinski definition) is 2. The molecule has 1 heterocycles. The number of rotatable bonds is 3. The first-order valence-corrected chi connectivity index (χ1v) is 8.06. The molecule has 0 saturated heterocycles. The molecule has 1 N–H and O–H groups in total. The fourth-order valence-corrected chi connectivity index (χ4v) is 1.75. The van der Waals surface area contributed by atoms with Crippen LogP contribution in [0.1, 0.15) is 32.3 Å². The van der Waals surface area contributed by atoms with Crippen molar-refractivity contribution in [3.8, 4) is 41.7 Å². The highest BCUT2D eigenvalue weighted by atomic mass is 16.3.